The molecular formula is C20H19N3O3. The first-order valence-electron chi connectivity index (χ1n) is 8.21. The zero-order valence-electron chi connectivity index (χ0n) is 14.5. The average Bonchev–Trinajstić information content (AvgIpc) is 2.62. The van der Waals surface area contributed by atoms with Crippen molar-refractivity contribution in [2.75, 3.05) is 5.32 Å². The van der Waals surface area contributed by atoms with Gasteiger partial charge in [-0.25, -0.2) is 0 Å². The number of aromatic hydroxyl groups is 1. The van der Waals surface area contributed by atoms with E-state index >= 15 is 0 Å². The Labute approximate surface area is 150 Å². The first kappa shape index (κ1) is 17.4. The first-order chi connectivity index (χ1) is 12.4. The van der Waals surface area contributed by atoms with Gasteiger partial charge in [-0.3, -0.25) is 14.6 Å². The SMILES string of the molecule is Cc1nc2ccc(O)cc2cc1C(=O)NC(C)C(=O)Nc1ccccc1. The second kappa shape index (κ2) is 7.23. The molecule has 0 fully saturated rings. The number of rotatable bonds is 4. The van der Waals surface area contributed by atoms with Crippen LogP contribution in [0.25, 0.3) is 10.9 Å². The van der Waals surface area contributed by atoms with Crippen LogP contribution in [0.5, 0.6) is 5.75 Å². The van der Waals surface area contributed by atoms with E-state index in [4.69, 9.17) is 0 Å². The lowest BCUT2D eigenvalue weighted by atomic mass is 10.1. The summed E-state index contributed by atoms with van der Waals surface area (Å²) in [5.74, 6) is -0.602. The number of hydrogen-bond donors (Lipinski definition) is 3. The summed E-state index contributed by atoms with van der Waals surface area (Å²) in [6, 6.07) is 14.8. The number of benzene rings is 2. The van der Waals surface area contributed by atoms with Gasteiger partial charge in [0.15, 0.2) is 0 Å². The summed E-state index contributed by atoms with van der Waals surface area (Å²) in [6.07, 6.45) is 0. The lowest BCUT2D eigenvalue weighted by Crippen LogP contribution is -2.41. The number of carbonyl (C=O) groups is 2. The van der Waals surface area contributed by atoms with Crippen molar-refractivity contribution in [1.82, 2.24) is 10.3 Å². The minimum Gasteiger partial charge on any atom is -0.508 e. The van der Waals surface area contributed by atoms with Gasteiger partial charge < -0.3 is 15.7 Å². The molecule has 26 heavy (non-hydrogen) atoms. The number of carbonyl (C=O) groups excluding carboxylic acids is 2. The van der Waals surface area contributed by atoms with Gasteiger partial charge in [-0.05, 0) is 50.2 Å². The maximum Gasteiger partial charge on any atom is 0.253 e. The topological polar surface area (TPSA) is 91.3 Å². The molecule has 1 unspecified atom stereocenters. The Morgan fingerprint density at radius 2 is 1.81 bits per heavy atom. The van der Waals surface area contributed by atoms with Crippen LogP contribution in [0.4, 0.5) is 5.69 Å². The van der Waals surface area contributed by atoms with Crippen LogP contribution in [0, 0.1) is 6.92 Å². The summed E-state index contributed by atoms with van der Waals surface area (Å²) in [5, 5.41) is 15.7. The molecule has 1 atom stereocenters. The third-order valence-corrected chi connectivity index (χ3v) is 4.02. The molecule has 6 heteroatoms. The Morgan fingerprint density at radius 1 is 1.08 bits per heavy atom. The lowest BCUT2D eigenvalue weighted by Gasteiger charge is -2.15. The number of phenolic OH excluding ortho intramolecular Hbond substituents is 1. The van der Waals surface area contributed by atoms with Crippen molar-refractivity contribution in [2.24, 2.45) is 0 Å². The van der Waals surface area contributed by atoms with E-state index in [1.165, 1.54) is 0 Å². The van der Waals surface area contributed by atoms with Gasteiger partial charge in [0.1, 0.15) is 11.8 Å². The number of nitrogens with one attached hydrogen (secondary N) is 2. The number of fused-ring (bicyclic) bond motifs is 1. The van der Waals surface area contributed by atoms with E-state index < -0.39 is 11.9 Å². The highest BCUT2D eigenvalue weighted by atomic mass is 16.3. The van der Waals surface area contributed by atoms with Gasteiger partial charge >= 0.3 is 0 Å². The number of pyridine rings is 1. The molecule has 3 aromatic rings. The number of aryl methyl sites for hydroxylation is 1. The van der Waals surface area contributed by atoms with Crippen LogP contribution >= 0.6 is 0 Å². The van der Waals surface area contributed by atoms with Crippen molar-refractivity contribution in [2.45, 2.75) is 19.9 Å². The zero-order chi connectivity index (χ0) is 18.7. The molecule has 1 heterocycles. The van der Waals surface area contributed by atoms with Crippen LogP contribution in [-0.2, 0) is 4.79 Å². The Balaban J connectivity index is 1.75. The summed E-state index contributed by atoms with van der Waals surface area (Å²) in [7, 11) is 0. The standard InChI is InChI=1S/C20H19N3O3/c1-12-17(11-14-10-16(24)8-9-18(14)21-12)20(26)22-13(2)19(25)23-15-6-4-3-5-7-15/h3-11,13,24H,1-2H3,(H,22,26)(H,23,25). The highest BCUT2D eigenvalue weighted by molar-refractivity contribution is 6.03. The van der Waals surface area contributed by atoms with Crippen LogP contribution in [-0.4, -0.2) is 27.9 Å². The molecular weight excluding hydrogens is 330 g/mol. The Morgan fingerprint density at radius 3 is 2.54 bits per heavy atom. The maximum absolute atomic E-state index is 12.6. The van der Waals surface area contributed by atoms with Gasteiger partial charge in [-0.1, -0.05) is 18.2 Å². The molecule has 2 aromatic carbocycles. The third-order valence-electron chi connectivity index (χ3n) is 4.02. The molecule has 0 aliphatic rings. The van der Waals surface area contributed by atoms with Gasteiger partial charge in [-0.2, -0.15) is 0 Å². The molecule has 6 nitrogen and oxygen atoms in total. The monoisotopic (exact) mass is 349 g/mol. The Kier molecular flexibility index (Phi) is 4.84. The largest absolute Gasteiger partial charge is 0.508 e. The van der Waals surface area contributed by atoms with Crippen molar-refractivity contribution in [3.63, 3.8) is 0 Å². The van der Waals surface area contributed by atoms with Crippen LogP contribution in [0.15, 0.2) is 54.6 Å². The van der Waals surface area contributed by atoms with Crippen molar-refractivity contribution >= 4 is 28.4 Å². The van der Waals surface area contributed by atoms with E-state index in [1.807, 2.05) is 18.2 Å². The molecule has 2 amide bonds. The number of hydrogen-bond acceptors (Lipinski definition) is 4. The van der Waals surface area contributed by atoms with Gasteiger partial charge in [0, 0.05) is 11.1 Å². The highest BCUT2D eigenvalue weighted by Crippen LogP contribution is 2.21. The van der Waals surface area contributed by atoms with Crippen LogP contribution in [0.2, 0.25) is 0 Å². The van der Waals surface area contributed by atoms with E-state index in [9.17, 15) is 14.7 Å². The predicted molar refractivity (Wildman–Crippen MR) is 100 cm³/mol. The number of amides is 2. The molecule has 3 N–H and O–H groups in total. The fraction of sp³-hybridized carbons (Fsp3) is 0.150. The molecule has 0 aliphatic heterocycles. The molecule has 0 saturated carbocycles. The third kappa shape index (κ3) is 3.80. The molecule has 0 aliphatic carbocycles. The van der Waals surface area contributed by atoms with Gasteiger partial charge in [0.25, 0.3) is 5.91 Å². The quantitative estimate of drug-likeness (QED) is 0.675. The average molecular weight is 349 g/mol. The molecule has 0 bridgehead atoms. The van der Waals surface area contributed by atoms with Crippen molar-refractivity contribution in [1.29, 1.82) is 0 Å². The van der Waals surface area contributed by atoms with Crippen LogP contribution in [0.1, 0.15) is 23.0 Å². The minimum absolute atomic E-state index is 0.102. The Hall–Kier alpha value is -3.41. The second-order valence-corrected chi connectivity index (χ2v) is 6.05. The summed E-state index contributed by atoms with van der Waals surface area (Å²) in [4.78, 5) is 29.2. The summed E-state index contributed by atoms with van der Waals surface area (Å²) < 4.78 is 0. The van der Waals surface area contributed by atoms with Gasteiger partial charge in [-0.15, -0.1) is 0 Å². The molecule has 3 rings (SSSR count). The molecule has 132 valence electrons. The number of aromatic nitrogens is 1. The fourth-order valence-corrected chi connectivity index (χ4v) is 2.60. The first-order valence-corrected chi connectivity index (χ1v) is 8.21. The van der Waals surface area contributed by atoms with E-state index in [0.717, 1.165) is 0 Å². The normalized spacial score (nSPS) is 11.8. The predicted octanol–water partition coefficient (Wildman–Crippen LogP) is 3.01. The fourth-order valence-electron chi connectivity index (χ4n) is 2.60. The van der Waals surface area contributed by atoms with Crippen molar-refractivity contribution in [3.05, 3.63) is 65.9 Å². The second-order valence-electron chi connectivity index (χ2n) is 6.05. The minimum atomic E-state index is -0.720. The highest BCUT2D eigenvalue weighted by Gasteiger charge is 2.19. The lowest BCUT2D eigenvalue weighted by molar-refractivity contribution is -0.117. The molecule has 1 aromatic heterocycles. The number of phenols is 1. The smallest absolute Gasteiger partial charge is 0.253 e. The van der Waals surface area contributed by atoms with Crippen LogP contribution in [0.3, 0.4) is 0 Å². The molecule has 0 saturated heterocycles. The number of anilines is 1. The number of para-hydroxylation sites is 1. The zero-order valence-corrected chi connectivity index (χ0v) is 14.5. The van der Waals surface area contributed by atoms with Crippen LogP contribution < -0.4 is 10.6 Å². The van der Waals surface area contributed by atoms with E-state index in [1.54, 1.807) is 50.2 Å². The summed E-state index contributed by atoms with van der Waals surface area (Å²) >= 11 is 0. The summed E-state index contributed by atoms with van der Waals surface area (Å²) in [5.41, 5.74) is 2.27. The maximum atomic E-state index is 12.6. The van der Waals surface area contributed by atoms with E-state index in [-0.39, 0.29) is 11.7 Å². The van der Waals surface area contributed by atoms with Crippen molar-refractivity contribution < 1.29 is 14.7 Å². The molecule has 0 spiro atoms. The summed E-state index contributed by atoms with van der Waals surface area (Å²) in [6.45, 7) is 3.35. The van der Waals surface area contributed by atoms with E-state index in [0.29, 0.717) is 27.8 Å². The Bertz CT molecular complexity index is 971. The van der Waals surface area contributed by atoms with Gasteiger partial charge in [0.05, 0.1) is 16.8 Å². The van der Waals surface area contributed by atoms with E-state index in [2.05, 4.69) is 15.6 Å². The van der Waals surface area contributed by atoms with Gasteiger partial charge in [0.2, 0.25) is 5.91 Å². The van der Waals surface area contributed by atoms with Crippen molar-refractivity contribution in [3.8, 4) is 5.75 Å². The number of nitrogens with zero attached hydrogens (tertiary/aromatic N) is 1. The molecule has 0 radical (unpaired) electrons.